The molecule has 0 bridgehead atoms. The van der Waals surface area contributed by atoms with Gasteiger partial charge in [0.15, 0.2) is 0 Å². The normalized spacial score (nSPS) is 11.8. The molecular weight excluding hydrogens is 293 g/mol. The molecule has 98 valence electrons. The third kappa shape index (κ3) is 5.30. The van der Waals surface area contributed by atoms with E-state index in [9.17, 15) is 4.79 Å². The van der Waals surface area contributed by atoms with Crippen LogP contribution in [0.4, 0.5) is 0 Å². The minimum Gasteiger partial charge on any atom is -0.356 e. The molecule has 0 saturated heterocycles. The van der Waals surface area contributed by atoms with Gasteiger partial charge in [0.05, 0.1) is 0 Å². The van der Waals surface area contributed by atoms with E-state index < -0.39 is 0 Å². The van der Waals surface area contributed by atoms with Gasteiger partial charge in [-0.2, -0.15) is 0 Å². The Morgan fingerprint density at radius 2 is 1.94 bits per heavy atom. The average Bonchev–Trinajstić information content (AvgIpc) is 2.28. The smallest absolute Gasteiger partial charge is 0.220 e. The number of halogens is 3. The zero-order chi connectivity index (χ0) is 13.5. The molecule has 1 rings (SSSR count). The Morgan fingerprint density at radius 1 is 1.33 bits per heavy atom. The molecule has 0 aromatic heterocycles. The number of hydrogen-bond donors (Lipinski definition) is 1. The van der Waals surface area contributed by atoms with Crippen LogP contribution in [0.3, 0.4) is 0 Å². The van der Waals surface area contributed by atoms with Crippen LogP contribution in [0.25, 0.3) is 0 Å². The highest BCUT2D eigenvalue weighted by Crippen LogP contribution is 2.26. The molecule has 5 heteroatoms. The van der Waals surface area contributed by atoms with Crippen molar-refractivity contribution in [2.24, 2.45) is 0 Å². The van der Waals surface area contributed by atoms with Gasteiger partial charge in [-0.3, -0.25) is 4.79 Å². The molecule has 0 saturated carbocycles. The highest BCUT2D eigenvalue weighted by Gasteiger charge is 2.14. The molecule has 0 spiro atoms. The molecule has 18 heavy (non-hydrogen) atoms. The molecule has 1 atom stereocenters. The van der Waals surface area contributed by atoms with E-state index in [4.69, 9.17) is 34.8 Å². The fraction of sp³-hybridized carbons (Fsp3) is 0.308. The van der Waals surface area contributed by atoms with Crippen LogP contribution in [-0.4, -0.2) is 12.5 Å². The average molecular weight is 307 g/mol. The van der Waals surface area contributed by atoms with Gasteiger partial charge in [-0.25, -0.2) is 0 Å². The maximum Gasteiger partial charge on any atom is 0.220 e. The number of hydrogen-bond acceptors (Lipinski definition) is 1. The third-order valence-corrected chi connectivity index (χ3v) is 2.91. The summed E-state index contributed by atoms with van der Waals surface area (Å²) in [5.41, 5.74) is 0.949. The van der Waals surface area contributed by atoms with E-state index in [0.29, 0.717) is 18.0 Å². The van der Waals surface area contributed by atoms with Crippen LogP contribution in [0.2, 0.25) is 5.02 Å². The molecule has 0 aliphatic rings. The number of amides is 1. The first-order valence-corrected chi connectivity index (χ1v) is 6.71. The van der Waals surface area contributed by atoms with Crippen molar-refractivity contribution in [2.45, 2.75) is 19.3 Å². The summed E-state index contributed by atoms with van der Waals surface area (Å²) < 4.78 is 0.152. The minimum absolute atomic E-state index is 0.0386. The SMILES string of the molecule is CCNC(=O)C[C@@H](C=C(Cl)Cl)c1ccc(Cl)cc1. The zero-order valence-electron chi connectivity index (χ0n) is 9.92. The van der Waals surface area contributed by atoms with Gasteiger partial charge in [0.2, 0.25) is 5.91 Å². The van der Waals surface area contributed by atoms with Crippen molar-refractivity contribution in [1.29, 1.82) is 0 Å². The van der Waals surface area contributed by atoms with Gasteiger partial charge in [0, 0.05) is 23.9 Å². The Hall–Kier alpha value is -0.700. The first kappa shape index (κ1) is 15.4. The molecule has 1 aromatic carbocycles. The lowest BCUT2D eigenvalue weighted by atomic mass is 9.95. The number of allylic oxidation sites excluding steroid dienone is 1. The molecule has 1 amide bonds. The topological polar surface area (TPSA) is 29.1 Å². The van der Waals surface area contributed by atoms with E-state index in [1.807, 2.05) is 19.1 Å². The lowest BCUT2D eigenvalue weighted by molar-refractivity contribution is -0.121. The second-order valence-electron chi connectivity index (χ2n) is 3.77. The van der Waals surface area contributed by atoms with Crippen LogP contribution in [0.1, 0.15) is 24.8 Å². The van der Waals surface area contributed by atoms with Crippen molar-refractivity contribution < 1.29 is 4.79 Å². The summed E-state index contributed by atoms with van der Waals surface area (Å²) >= 11 is 17.2. The minimum atomic E-state index is -0.154. The van der Waals surface area contributed by atoms with Crippen LogP contribution in [0.15, 0.2) is 34.8 Å². The second kappa shape index (κ2) is 7.67. The quantitative estimate of drug-likeness (QED) is 0.865. The Balaban J connectivity index is 2.88. The Morgan fingerprint density at radius 3 is 2.44 bits per heavy atom. The monoisotopic (exact) mass is 305 g/mol. The fourth-order valence-corrected chi connectivity index (χ4v) is 2.03. The largest absolute Gasteiger partial charge is 0.356 e. The number of rotatable bonds is 5. The molecule has 0 heterocycles. The lowest BCUT2D eigenvalue weighted by Gasteiger charge is -2.13. The standard InChI is InChI=1S/C13H14Cl3NO/c1-2-17-13(18)8-10(7-12(15)16)9-3-5-11(14)6-4-9/h3-7,10H,2,8H2,1H3,(H,17,18)/t10-/m1/s1. The number of carbonyl (C=O) groups is 1. The summed E-state index contributed by atoms with van der Waals surface area (Å²) in [5.74, 6) is -0.193. The molecule has 1 N–H and O–H groups in total. The zero-order valence-corrected chi connectivity index (χ0v) is 12.2. The summed E-state index contributed by atoms with van der Waals surface area (Å²) in [6, 6.07) is 7.27. The maximum absolute atomic E-state index is 11.6. The molecule has 0 aliphatic carbocycles. The van der Waals surface area contributed by atoms with Gasteiger partial charge in [0.25, 0.3) is 0 Å². The number of nitrogens with one attached hydrogen (secondary N) is 1. The summed E-state index contributed by atoms with van der Waals surface area (Å²) in [4.78, 5) is 11.6. The van der Waals surface area contributed by atoms with E-state index in [-0.39, 0.29) is 16.3 Å². The lowest BCUT2D eigenvalue weighted by Crippen LogP contribution is -2.24. The molecule has 0 aliphatic heterocycles. The van der Waals surface area contributed by atoms with Gasteiger partial charge in [0.1, 0.15) is 4.49 Å². The van der Waals surface area contributed by atoms with Crippen molar-refractivity contribution in [3.05, 3.63) is 45.4 Å². The van der Waals surface area contributed by atoms with Crippen LogP contribution in [0, 0.1) is 0 Å². The fourth-order valence-electron chi connectivity index (χ4n) is 1.60. The molecule has 0 unspecified atom stereocenters. The van der Waals surface area contributed by atoms with Gasteiger partial charge < -0.3 is 5.32 Å². The first-order valence-electron chi connectivity index (χ1n) is 5.58. The van der Waals surface area contributed by atoms with Gasteiger partial charge >= 0.3 is 0 Å². The first-order chi connectivity index (χ1) is 8.52. The molecule has 2 nitrogen and oxygen atoms in total. The van der Waals surface area contributed by atoms with Crippen LogP contribution >= 0.6 is 34.8 Å². The second-order valence-corrected chi connectivity index (χ2v) is 5.22. The van der Waals surface area contributed by atoms with Crippen LogP contribution in [-0.2, 0) is 4.79 Å². The summed E-state index contributed by atoms with van der Waals surface area (Å²) in [6.45, 7) is 2.48. The predicted molar refractivity (Wildman–Crippen MR) is 77.3 cm³/mol. The number of carbonyl (C=O) groups excluding carboxylic acids is 1. The Labute approximate surface area is 122 Å². The summed E-state index contributed by atoms with van der Waals surface area (Å²) in [6.07, 6.45) is 1.96. The van der Waals surface area contributed by atoms with Crippen molar-refractivity contribution >= 4 is 40.7 Å². The summed E-state index contributed by atoms with van der Waals surface area (Å²) in [7, 11) is 0. The van der Waals surface area contributed by atoms with Crippen molar-refractivity contribution in [2.75, 3.05) is 6.54 Å². The molecular formula is C13H14Cl3NO. The van der Waals surface area contributed by atoms with E-state index in [1.54, 1.807) is 18.2 Å². The molecule has 1 aromatic rings. The van der Waals surface area contributed by atoms with E-state index >= 15 is 0 Å². The van der Waals surface area contributed by atoms with E-state index in [2.05, 4.69) is 5.32 Å². The van der Waals surface area contributed by atoms with Gasteiger partial charge in [-0.1, -0.05) is 46.9 Å². The van der Waals surface area contributed by atoms with E-state index in [0.717, 1.165) is 5.56 Å². The highest BCUT2D eigenvalue weighted by molar-refractivity contribution is 6.55. The van der Waals surface area contributed by atoms with Crippen molar-refractivity contribution in [3.63, 3.8) is 0 Å². The van der Waals surface area contributed by atoms with Crippen LogP contribution in [0.5, 0.6) is 0 Å². The highest BCUT2D eigenvalue weighted by atomic mass is 35.5. The van der Waals surface area contributed by atoms with E-state index in [1.165, 1.54) is 0 Å². The predicted octanol–water partition coefficient (Wildman–Crippen LogP) is 4.27. The van der Waals surface area contributed by atoms with Gasteiger partial charge in [-0.05, 0) is 30.7 Å². The number of benzene rings is 1. The summed E-state index contributed by atoms with van der Waals surface area (Å²) in [5, 5.41) is 3.40. The molecule has 0 fully saturated rings. The third-order valence-electron chi connectivity index (χ3n) is 2.40. The maximum atomic E-state index is 11.6. The van der Waals surface area contributed by atoms with Gasteiger partial charge in [-0.15, -0.1) is 0 Å². The Kier molecular flexibility index (Phi) is 6.55. The Bertz CT molecular complexity index is 424. The van der Waals surface area contributed by atoms with Crippen molar-refractivity contribution in [1.82, 2.24) is 5.32 Å². The van der Waals surface area contributed by atoms with Crippen molar-refractivity contribution in [3.8, 4) is 0 Å². The van der Waals surface area contributed by atoms with Crippen LogP contribution < -0.4 is 5.32 Å². The molecule has 0 radical (unpaired) electrons.